The monoisotopic (exact) mass is 433 g/mol. The molecule has 7 heteroatoms. The maximum Gasteiger partial charge on any atom is 0.294 e. The van der Waals surface area contributed by atoms with Gasteiger partial charge in [0.15, 0.2) is 11.0 Å². The Kier molecular flexibility index (Phi) is 5.64. The van der Waals surface area contributed by atoms with E-state index in [1.54, 1.807) is 18.6 Å². The molecule has 0 radical (unpaired) electrons. The number of para-hydroxylation sites is 1. The van der Waals surface area contributed by atoms with Crippen molar-refractivity contribution in [2.24, 2.45) is 0 Å². The van der Waals surface area contributed by atoms with E-state index in [1.807, 2.05) is 48.5 Å². The lowest BCUT2D eigenvalue weighted by Crippen LogP contribution is -2.27. The summed E-state index contributed by atoms with van der Waals surface area (Å²) in [4.78, 5) is 17.1. The Labute approximate surface area is 164 Å². The van der Waals surface area contributed by atoms with Gasteiger partial charge in [-0.25, -0.2) is 4.98 Å². The van der Waals surface area contributed by atoms with Gasteiger partial charge in [-0.05, 0) is 52.7 Å². The van der Waals surface area contributed by atoms with Crippen LogP contribution in [0.15, 0.2) is 57.8 Å². The number of aromatic nitrogens is 2. The van der Waals surface area contributed by atoms with Crippen molar-refractivity contribution in [3.8, 4) is 5.75 Å². The number of rotatable bonds is 5. The van der Waals surface area contributed by atoms with Gasteiger partial charge in [-0.15, -0.1) is 0 Å². The van der Waals surface area contributed by atoms with Crippen LogP contribution in [0.4, 0.5) is 11.5 Å². The van der Waals surface area contributed by atoms with E-state index in [-0.39, 0.29) is 16.5 Å². The minimum absolute atomic E-state index is 0.181. The lowest BCUT2D eigenvalue weighted by molar-refractivity contribution is 0.414. The van der Waals surface area contributed by atoms with Crippen molar-refractivity contribution in [2.75, 3.05) is 12.4 Å². The molecular weight excluding hydrogens is 418 g/mol. The molecule has 0 fully saturated rings. The zero-order chi connectivity index (χ0) is 18.7. The number of nitrogens with zero attached hydrogens (tertiary/aromatic N) is 2. The van der Waals surface area contributed by atoms with E-state index in [4.69, 9.17) is 16.3 Å². The standard InChI is InChI=1S/C19H17BrClN3O2/c1-12-17(21)23-18(22-16-6-4-3-5-15(16)20)19(25)24(12)11-13-7-9-14(26-2)10-8-13/h3-10H,11H2,1-2H3,(H,22,23). The van der Waals surface area contributed by atoms with Gasteiger partial charge in [0, 0.05) is 4.47 Å². The minimum atomic E-state index is -0.238. The van der Waals surface area contributed by atoms with Crippen LogP contribution in [0.25, 0.3) is 0 Å². The third-order valence-electron chi connectivity index (χ3n) is 3.99. The zero-order valence-corrected chi connectivity index (χ0v) is 16.6. The van der Waals surface area contributed by atoms with Gasteiger partial charge in [0.2, 0.25) is 0 Å². The molecule has 3 rings (SSSR count). The topological polar surface area (TPSA) is 56.1 Å². The highest BCUT2D eigenvalue weighted by atomic mass is 79.9. The molecule has 134 valence electrons. The Morgan fingerprint density at radius 3 is 2.54 bits per heavy atom. The van der Waals surface area contributed by atoms with Crippen LogP contribution in [0, 0.1) is 6.92 Å². The molecule has 0 saturated carbocycles. The average Bonchev–Trinajstić information content (AvgIpc) is 2.65. The van der Waals surface area contributed by atoms with Crippen molar-refractivity contribution in [2.45, 2.75) is 13.5 Å². The summed E-state index contributed by atoms with van der Waals surface area (Å²) >= 11 is 9.72. The van der Waals surface area contributed by atoms with Crippen LogP contribution in [0.3, 0.4) is 0 Å². The summed E-state index contributed by atoms with van der Waals surface area (Å²) in [6, 6.07) is 15.1. The molecule has 2 aromatic carbocycles. The molecule has 0 atom stereocenters. The van der Waals surface area contributed by atoms with Crippen molar-refractivity contribution in [3.63, 3.8) is 0 Å². The van der Waals surface area contributed by atoms with E-state index in [9.17, 15) is 4.79 Å². The number of benzene rings is 2. The summed E-state index contributed by atoms with van der Waals surface area (Å²) in [7, 11) is 1.62. The van der Waals surface area contributed by atoms with Crippen LogP contribution in [-0.2, 0) is 6.54 Å². The molecule has 0 spiro atoms. The predicted molar refractivity (Wildman–Crippen MR) is 108 cm³/mol. The molecule has 1 heterocycles. The summed E-state index contributed by atoms with van der Waals surface area (Å²) in [5, 5.41) is 3.34. The van der Waals surface area contributed by atoms with E-state index >= 15 is 0 Å². The normalized spacial score (nSPS) is 10.6. The molecule has 5 nitrogen and oxygen atoms in total. The van der Waals surface area contributed by atoms with Crippen LogP contribution < -0.4 is 15.6 Å². The fourth-order valence-electron chi connectivity index (χ4n) is 2.49. The van der Waals surface area contributed by atoms with Crippen molar-refractivity contribution in [1.82, 2.24) is 9.55 Å². The fraction of sp³-hybridized carbons (Fsp3) is 0.158. The first-order valence-corrected chi connectivity index (χ1v) is 9.08. The summed E-state index contributed by atoms with van der Waals surface area (Å²) in [5.41, 5.74) is 2.08. The van der Waals surface area contributed by atoms with Crippen LogP contribution in [0.1, 0.15) is 11.3 Å². The highest BCUT2D eigenvalue weighted by molar-refractivity contribution is 9.10. The fourth-order valence-corrected chi connectivity index (χ4v) is 3.06. The Bertz CT molecular complexity index is 987. The molecule has 3 aromatic rings. The number of methoxy groups -OCH3 is 1. The van der Waals surface area contributed by atoms with Crippen LogP contribution in [0.5, 0.6) is 5.75 Å². The Morgan fingerprint density at radius 2 is 1.88 bits per heavy atom. The molecule has 0 unspecified atom stereocenters. The van der Waals surface area contributed by atoms with Gasteiger partial charge in [-0.3, -0.25) is 4.79 Å². The second-order valence-corrected chi connectivity index (χ2v) is 6.89. The van der Waals surface area contributed by atoms with Crippen LogP contribution in [0.2, 0.25) is 5.15 Å². The van der Waals surface area contributed by atoms with Gasteiger partial charge >= 0.3 is 0 Å². The number of hydrogen-bond donors (Lipinski definition) is 1. The smallest absolute Gasteiger partial charge is 0.294 e. The SMILES string of the molecule is COc1ccc(Cn2c(C)c(Cl)nc(Nc3ccccc3Br)c2=O)cc1. The predicted octanol–water partition coefficient (Wildman–Crippen LogP) is 4.77. The van der Waals surface area contributed by atoms with Gasteiger partial charge in [-0.1, -0.05) is 35.9 Å². The summed E-state index contributed by atoms with van der Waals surface area (Å²) in [6.45, 7) is 2.17. The maximum atomic E-state index is 12.9. The third-order valence-corrected chi connectivity index (χ3v) is 5.04. The molecule has 26 heavy (non-hydrogen) atoms. The largest absolute Gasteiger partial charge is 0.497 e. The van der Waals surface area contributed by atoms with Crippen LogP contribution >= 0.6 is 27.5 Å². The van der Waals surface area contributed by atoms with Crippen molar-refractivity contribution in [3.05, 3.63) is 79.8 Å². The molecule has 0 aliphatic rings. The van der Waals surface area contributed by atoms with E-state index in [1.165, 1.54) is 0 Å². The van der Waals surface area contributed by atoms with Gasteiger partial charge in [0.05, 0.1) is 25.0 Å². The van der Waals surface area contributed by atoms with Gasteiger partial charge in [-0.2, -0.15) is 0 Å². The van der Waals surface area contributed by atoms with Crippen molar-refractivity contribution in [1.29, 1.82) is 0 Å². The van der Waals surface area contributed by atoms with E-state index in [0.717, 1.165) is 21.5 Å². The second-order valence-electron chi connectivity index (χ2n) is 5.68. The highest BCUT2D eigenvalue weighted by Gasteiger charge is 2.14. The zero-order valence-electron chi connectivity index (χ0n) is 14.3. The second kappa shape index (κ2) is 7.93. The molecule has 0 aliphatic heterocycles. The molecule has 1 N–H and O–H groups in total. The van der Waals surface area contributed by atoms with Crippen LogP contribution in [-0.4, -0.2) is 16.7 Å². The quantitative estimate of drug-likeness (QED) is 0.628. The van der Waals surface area contributed by atoms with E-state index < -0.39 is 0 Å². The first kappa shape index (κ1) is 18.5. The lowest BCUT2D eigenvalue weighted by atomic mass is 10.2. The molecule has 0 bridgehead atoms. The molecule has 0 saturated heterocycles. The first-order chi connectivity index (χ1) is 12.5. The average molecular weight is 435 g/mol. The van der Waals surface area contributed by atoms with E-state index in [0.29, 0.717) is 12.2 Å². The molecular formula is C19H17BrClN3O2. The molecule has 1 aromatic heterocycles. The third kappa shape index (κ3) is 3.92. The summed E-state index contributed by atoms with van der Waals surface area (Å²) < 4.78 is 7.61. The Balaban J connectivity index is 1.98. The van der Waals surface area contributed by atoms with Gasteiger partial charge in [0.25, 0.3) is 5.56 Å². The molecule has 0 aliphatic carbocycles. The number of ether oxygens (including phenoxy) is 1. The first-order valence-electron chi connectivity index (χ1n) is 7.91. The van der Waals surface area contributed by atoms with Gasteiger partial charge in [0.1, 0.15) is 5.75 Å². The Hall–Kier alpha value is -2.31. The number of hydrogen-bond acceptors (Lipinski definition) is 4. The van der Waals surface area contributed by atoms with Crippen molar-refractivity contribution < 1.29 is 4.74 Å². The number of anilines is 2. The van der Waals surface area contributed by atoms with Gasteiger partial charge < -0.3 is 14.6 Å². The highest BCUT2D eigenvalue weighted by Crippen LogP contribution is 2.24. The number of halogens is 2. The molecule has 0 amide bonds. The summed E-state index contributed by atoms with van der Waals surface area (Å²) in [5.74, 6) is 0.947. The van der Waals surface area contributed by atoms with Crippen molar-refractivity contribution >= 4 is 39.0 Å². The number of nitrogens with one attached hydrogen (secondary N) is 1. The minimum Gasteiger partial charge on any atom is -0.497 e. The maximum absolute atomic E-state index is 12.9. The lowest BCUT2D eigenvalue weighted by Gasteiger charge is -2.15. The summed E-state index contributed by atoms with van der Waals surface area (Å²) in [6.07, 6.45) is 0. The van der Waals surface area contributed by atoms with E-state index in [2.05, 4.69) is 26.2 Å². The Morgan fingerprint density at radius 1 is 1.19 bits per heavy atom.